The Balaban J connectivity index is 2.09. The molecule has 0 atom stereocenters. The lowest BCUT2D eigenvalue weighted by Gasteiger charge is -2.02. The number of aromatic nitrogens is 3. The van der Waals surface area contributed by atoms with E-state index in [1.54, 1.807) is 12.1 Å². The molecule has 0 radical (unpaired) electrons. The van der Waals surface area contributed by atoms with Crippen LogP contribution in [-0.2, 0) is 0 Å². The lowest BCUT2D eigenvalue weighted by molar-refractivity contribution is 0.374. The van der Waals surface area contributed by atoms with Crippen molar-refractivity contribution in [3.63, 3.8) is 0 Å². The molecule has 0 amide bonds. The van der Waals surface area contributed by atoms with Gasteiger partial charge in [-0.2, -0.15) is 9.37 Å². The van der Waals surface area contributed by atoms with E-state index in [-0.39, 0.29) is 11.7 Å². The van der Waals surface area contributed by atoms with Crippen molar-refractivity contribution in [3.8, 4) is 28.6 Å². The fraction of sp³-hybridized carbons (Fsp3) is 0. The largest absolute Gasteiger partial charge is 0.503 e. The van der Waals surface area contributed by atoms with Gasteiger partial charge in [-0.1, -0.05) is 5.16 Å². The van der Waals surface area contributed by atoms with Gasteiger partial charge in [0.15, 0.2) is 17.4 Å². The fourth-order valence-corrected chi connectivity index (χ4v) is 1.69. The van der Waals surface area contributed by atoms with Crippen LogP contribution in [0.25, 0.3) is 22.8 Å². The number of rotatable bonds is 2. The highest BCUT2D eigenvalue weighted by atomic mass is 19.2. The molecule has 1 N–H and O–H groups in total. The van der Waals surface area contributed by atoms with E-state index in [0.29, 0.717) is 11.6 Å². The Hall–Kier alpha value is -2.90. The zero-order valence-corrected chi connectivity index (χ0v) is 10.2. The summed E-state index contributed by atoms with van der Waals surface area (Å²) in [6.45, 7) is 0. The van der Waals surface area contributed by atoms with E-state index in [4.69, 9.17) is 9.63 Å². The second-order valence-electron chi connectivity index (χ2n) is 4.05. The van der Waals surface area contributed by atoms with Crippen LogP contribution >= 0.6 is 0 Å². The molecule has 0 saturated carbocycles. The molecule has 21 heavy (non-hydrogen) atoms. The molecule has 0 unspecified atom stereocenters. The molecule has 0 aliphatic carbocycles. The average molecular weight is 293 g/mol. The third kappa shape index (κ3) is 2.20. The van der Waals surface area contributed by atoms with Crippen molar-refractivity contribution in [1.29, 1.82) is 0 Å². The smallest absolute Gasteiger partial charge is 0.261 e. The van der Waals surface area contributed by atoms with Crippen LogP contribution < -0.4 is 0 Å². The summed E-state index contributed by atoms with van der Waals surface area (Å²) in [7, 11) is 0. The zero-order chi connectivity index (χ0) is 15.0. The molecule has 1 aromatic carbocycles. The summed E-state index contributed by atoms with van der Waals surface area (Å²) < 4.78 is 44.8. The van der Waals surface area contributed by atoms with Crippen molar-refractivity contribution in [2.45, 2.75) is 0 Å². The van der Waals surface area contributed by atoms with Gasteiger partial charge in [0.05, 0.1) is 5.56 Å². The number of phenols is 1. The maximum absolute atomic E-state index is 13.7. The first-order valence-corrected chi connectivity index (χ1v) is 5.69. The summed E-state index contributed by atoms with van der Waals surface area (Å²) in [6, 6.07) is 3.81. The standard InChI is InChI=1S/C13H6F3N3O2/c14-8-4-7(9(15)11(20)10(8)16)13-18-12(19-21-13)6-2-1-3-17-5-6/h1-5,20H. The van der Waals surface area contributed by atoms with Crippen molar-refractivity contribution in [3.05, 3.63) is 48.0 Å². The molecule has 0 aliphatic rings. The molecule has 3 rings (SSSR count). The summed E-state index contributed by atoms with van der Waals surface area (Å²) in [5.74, 6) is -6.21. The Morgan fingerprint density at radius 1 is 1.14 bits per heavy atom. The van der Waals surface area contributed by atoms with Crippen molar-refractivity contribution >= 4 is 0 Å². The number of phenolic OH excluding ortho intramolecular Hbond substituents is 1. The minimum atomic E-state index is -1.68. The molecular weight excluding hydrogens is 287 g/mol. The van der Waals surface area contributed by atoms with Gasteiger partial charge in [-0.15, -0.1) is 0 Å². The van der Waals surface area contributed by atoms with Crippen molar-refractivity contribution in [1.82, 2.24) is 15.1 Å². The Labute approximate surface area is 115 Å². The summed E-state index contributed by atoms with van der Waals surface area (Å²) in [5, 5.41) is 12.8. The lowest BCUT2D eigenvalue weighted by atomic mass is 10.2. The van der Waals surface area contributed by atoms with Gasteiger partial charge in [-0.05, 0) is 18.2 Å². The molecule has 0 spiro atoms. The number of halogens is 3. The maximum atomic E-state index is 13.7. The van der Waals surface area contributed by atoms with Crippen LogP contribution in [0.2, 0.25) is 0 Å². The number of benzene rings is 1. The van der Waals surface area contributed by atoms with Crippen LogP contribution in [0, 0.1) is 17.5 Å². The highest BCUT2D eigenvalue weighted by molar-refractivity contribution is 5.61. The molecule has 0 aliphatic heterocycles. The normalized spacial score (nSPS) is 10.8. The van der Waals surface area contributed by atoms with Crippen LogP contribution in [0.4, 0.5) is 13.2 Å². The summed E-state index contributed by atoms with van der Waals surface area (Å²) >= 11 is 0. The van der Waals surface area contributed by atoms with Gasteiger partial charge in [0.25, 0.3) is 5.89 Å². The molecule has 2 heterocycles. The first-order valence-electron chi connectivity index (χ1n) is 5.69. The highest BCUT2D eigenvalue weighted by Gasteiger charge is 2.23. The van der Waals surface area contributed by atoms with E-state index in [9.17, 15) is 13.2 Å². The fourth-order valence-electron chi connectivity index (χ4n) is 1.69. The van der Waals surface area contributed by atoms with Gasteiger partial charge in [-0.25, -0.2) is 8.78 Å². The molecule has 5 nitrogen and oxygen atoms in total. The maximum Gasteiger partial charge on any atom is 0.261 e. The van der Waals surface area contributed by atoms with Crippen LogP contribution in [-0.4, -0.2) is 20.2 Å². The molecule has 0 saturated heterocycles. The number of hydrogen-bond donors (Lipinski definition) is 1. The molecule has 3 aromatic rings. The van der Waals surface area contributed by atoms with Crippen LogP contribution in [0.15, 0.2) is 35.1 Å². The Bertz CT molecular complexity index is 806. The van der Waals surface area contributed by atoms with E-state index in [2.05, 4.69) is 15.1 Å². The number of aromatic hydroxyl groups is 1. The van der Waals surface area contributed by atoms with Crippen molar-refractivity contribution < 1.29 is 22.8 Å². The van der Waals surface area contributed by atoms with Gasteiger partial charge in [0.1, 0.15) is 0 Å². The first kappa shape index (κ1) is 13.1. The minimum Gasteiger partial charge on any atom is -0.503 e. The monoisotopic (exact) mass is 293 g/mol. The Morgan fingerprint density at radius 3 is 2.67 bits per heavy atom. The van der Waals surface area contributed by atoms with Gasteiger partial charge in [0.2, 0.25) is 11.6 Å². The van der Waals surface area contributed by atoms with Crippen molar-refractivity contribution in [2.75, 3.05) is 0 Å². The summed E-state index contributed by atoms with van der Waals surface area (Å²) in [6.07, 6.45) is 2.99. The molecule has 0 fully saturated rings. The van der Waals surface area contributed by atoms with E-state index in [0.717, 1.165) is 0 Å². The molecule has 2 aromatic heterocycles. The Kier molecular flexibility index (Phi) is 3.05. The zero-order valence-electron chi connectivity index (χ0n) is 10.2. The molecule has 8 heteroatoms. The molecule has 0 bridgehead atoms. The van der Waals surface area contributed by atoms with E-state index < -0.39 is 28.8 Å². The molecular formula is C13H6F3N3O2. The Morgan fingerprint density at radius 2 is 1.95 bits per heavy atom. The van der Waals surface area contributed by atoms with Gasteiger partial charge >= 0.3 is 0 Å². The van der Waals surface area contributed by atoms with Crippen LogP contribution in [0.3, 0.4) is 0 Å². The summed E-state index contributed by atoms with van der Waals surface area (Å²) in [5.41, 5.74) is -0.0336. The third-order valence-electron chi connectivity index (χ3n) is 2.71. The predicted molar refractivity (Wildman–Crippen MR) is 64.5 cm³/mol. The number of pyridine rings is 1. The van der Waals surface area contributed by atoms with Crippen LogP contribution in [0.5, 0.6) is 5.75 Å². The number of nitrogens with zero attached hydrogens (tertiary/aromatic N) is 3. The predicted octanol–water partition coefficient (Wildman–Crippen LogP) is 2.92. The second-order valence-corrected chi connectivity index (χ2v) is 4.05. The van der Waals surface area contributed by atoms with Crippen molar-refractivity contribution in [2.24, 2.45) is 0 Å². The van der Waals surface area contributed by atoms with E-state index in [1.807, 2.05) is 0 Å². The average Bonchev–Trinajstić information content (AvgIpc) is 2.99. The van der Waals surface area contributed by atoms with E-state index in [1.165, 1.54) is 12.4 Å². The lowest BCUT2D eigenvalue weighted by Crippen LogP contribution is -1.93. The van der Waals surface area contributed by atoms with Gasteiger partial charge in [-0.3, -0.25) is 4.98 Å². The quantitative estimate of drug-likeness (QED) is 0.735. The molecule has 106 valence electrons. The van der Waals surface area contributed by atoms with Crippen LogP contribution in [0.1, 0.15) is 0 Å². The summed E-state index contributed by atoms with van der Waals surface area (Å²) in [4.78, 5) is 7.72. The number of hydrogen-bond acceptors (Lipinski definition) is 5. The third-order valence-corrected chi connectivity index (χ3v) is 2.71. The highest BCUT2D eigenvalue weighted by Crippen LogP contribution is 2.32. The SMILES string of the molecule is Oc1c(F)c(F)cc(-c2nc(-c3cccnc3)no2)c1F. The second kappa shape index (κ2) is 4.89. The first-order chi connectivity index (χ1) is 10.1. The minimum absolute atomic E-state index is 0.0988. The van der Waals surface area contributed by atoms with Gasteiger partial charge in [0, 0.05) is 18.0 Å². The van der Waals surface area contributed by atoms with E-state index >= 15 is 0 Å². The van der Waals surface area contributed by atoms with Gasteiger partial charge < -0.3 is 9.63 Å². The topological polar surface area (TPSA) is 72.0 Å².